The summed E-state index contributed by atoms with van der Waals surface area (Å²) in [5, 5.41) is 4.29. The Morgan fingerprint density at radius 2 is 1.34 bits per heavy atom. The minimum Gasteiger partial charge on any atom is -0.488 e. The maximum Gasteiger partial charge on any atom is 0.275 e. The molecule has 0 bridgehead atoms. The molecule has 0 spiro atoms. The number of ether oxygens (including phenoxy) is 1. The maximum atomic E-state index is 12.8. The lowest BCUT2D eigenvalue weighted by atomic mass is 10.0. The smallest absolute Gasteiger partial charge is 0.275 e. The van der Waals surface area contributed by atoms with E-state index in [9.17, 15) is 4.79 Å². The van der Waals surface area contributed by atoms with Crippen molar-refractivity contribution in [3.05, 3.63) is 126 Å². The summed E-state index contributed by atoms with van der Waals surface area (Å²) >= 11 is 0. The number of hydrazone groups is 1. The van der Waals surface area contributed by atoms with Crippen molar-refractivity contribution in [2.24, 2.45) is 5.10 Å². The summed E-state index contributed by atoms with van der Waals surface area (Å²) in [5.41, 5.74) is 8.09. The van der Waals surface area contributed by atoms with E-state index in [2.05, 4.69) is 34.8 Å². The fourth-order valence-electron chi connectivity index (χ4n) is 3.31. The third-order valence-electron chi connectivity index (χ3n) is 5.10. The molecule has 0 aliphatic carbocycles. The van der Waals surface area contributed by atoms with Crippen LogP contribution in [0.25, 0.3) is 11.1 Å². The van der Waals surface area contributed by atoms with E-state index in [0.717, 1.165) is 28.0 Å². The number of nitrogens with zero attached hydrogens (tertiary/aromatic N) is 1. The van der Waals surface area contributed by atoms with Crippen molar-refractivity contribution in [1.29, 1.82) is 0 Å². The van der Waals surface area contributed by atoms with Crippen LogP contribution in [0.15, 0.2) is 114 Å². The molecule has 0 radical (unpaired) electrons. The minimum absolute atomic E-state index is 0.311. The topological polar surface area (TPSA) is 50.7 Å². The highest BCUT2D eigenvalue weighted by atomic mass is 16.5. The molecule has 1 N–H and O–H groups in total. The molecule has 0 saturated heterocycles. The van der Waals surface area contributed by atoms with Crippen molar-refractivity contribution in [3.63, 3.8) is 0 Å². The van der Waals surface area contributed by atoms with E-state index in [1.165, 1.54) is 0 Å². The zero-order chi connectivity index (χ0) is 22.2. The lowest BCUT2D eigenvalue weighted by molar-refractivity contribution is 0.0950. The molecule has 158 valence electrons. The minimum atomic E-state index is -0.311. The Morgan fingerprint density at radius 3 is 2.06 bits per heavy atom. The summed E-state index contributed by atoms with van der Waals surface area (Å²) in [6.45, 7) is 2.26. The molecule has 0 atom stereocenters. The summed E-state index contributed by atoms with van der Waals surface area (Å²) < 4.78 is 5.88. The third-order valence-corrected chi connectivity index (χ3v) is 5.10. The highest BCUT2D eigenvalue weighted by Gasteiger charge is 2.12. The van der Waals surface area contributed by atoms with Gasteiger partial charge in [-0.15, -0.1) is 0 Å². The van der Waals surface area contributed by atoms with Crippen LogP contribution in [-0.4, -0.2) is 11.6 Å². The second-order valence-corrected chi connectivity index (χ2v) is 7.35. The van der Waals surface area contributed by atoms with Gasteiger partial charge >= 0.3 is 0 Å². The van der Waals surface area contributed by atoms with Gasteiger partial charge in [0.15, 0.2) is 0 Å². The first-order chi connectivity index (χ1) is 15.7. The molecule has 1 amide bonds. The molecule has 32 heavy (non-hydrogen) atoms. The fourth-order valence-corrected chi connectivity index (χ4v) is 3.31. The Labute approximate surface area is 188 Å². The molecule has 0 aromatic heterocycles. The van der Waals surface area contributed by atoms with Gasteiger partial charge in [0.2, 0.25) is 0 Å². The summed E-state index contributed by atoms with van der Waals surface area (Å²) in [6, 6.07) is 35.3. The van der Waals surface area contributed by atoms with Crippen LogP contribution in [0.1, 0.15) is 28.4 Å². The van der Waals surface area contributed by atoms with Crippen molar-refractivity contribution in [2.45, 2.75) is 13.5 Å². The third kappa shape index (κ3) is 5.29. The standard InChI is InChI=1S/C28H24N2O2/c1-21(23-16-18-25(19-17-23)24-12-6-3-7-13-24)29-30-28(31)26-14-8-9-15-27(26)32-20-22-10-4-2-5-11-22/h2-19H,20H2,1H3,(H,30,31)/b29-21+. The van der Waals surface area contributed by atoms with E-state index in [1.54, 1.807) is 12.1 Å². The van der Waals surface area contributed by atoms with Crippen molar-refractivity contribution in [3.8, 4) is 16.9 Å². The van der Waals surface area contributed by atoms with Gasteiger partial charge in [0, 0.05) is 0 Å². The highest BCUT2D eigenvalue weighted by Crippen LogP contribution is 2.21. The average molecular weight is 421 g/mol. The van der Waals surface area contributed by atoms with Gasteiger partial charge in [-0.2, -0.15) is 5.10 Å². The molecule has 0 saturated carbocycles. The van der Waals surface area contributed by atoms with E-state index < -0.39 is 0 Å². The predicted molar refractivity (Wildman–Crippen MR) is 129 cm³/mol. The highest BCUT2D eigenvalue weighted by molar-refractivity contribution is 6.01. The lowest BCUT2D eigenvalue weighted by Crippen LogP contribution is -2.20. The first-order valence-corrected chi connectivity index (χ1v) is 10.5. The van der Waals surface area contributed by atoms with E-state index in [4.69, 9.17) is 4.74 Å². The summed E-state index contributed by atoms with van der Waals surface area (Å²) in [6.07, 6.45) is 0. The van der Waals surface area contributed by atoms with E-state index >= 15 is 0 Å². The molecule has 0 heterocycles. The number of para-hydroxylation sites is 1. The van der Waals surface area contributed by atoms with Crippen molar-refractivity contribution < 1.29 is 9.53 Å². The number of benzene rings is 4. The maximum absolute atomic E-state index is 12.8. The zero-order valence-corrected chi connectivity index (χ0v) is 17.9. The van der Waals surface area contributed by atoms with Gasteiger partial charge in [0.25, 0.3) is 5.91 Å². The van der Waals surface area contributed by atoms with Crippen molar-refractivity contribution >= 4 is 11.6 Å². The Hall–Kier alpha value is -4.18. The number of rotatable bonds is 7. The first kappa shape index (κ1) is 21.1. The SMILES string of the molecule is C/C(=N\NC(=O)c1ccccc1OCc1ccccc1)c1ccc(-c2ccccc2)cc1. The van der Waals surface area contributed by atoms with Gasteiger partial charge in [-0.05, 0) is 41.3 Å². The summed E-state index contributed by atoms with van der Waals surface area (Å²) in [4.78, 5) is 12.8. The van der Waals surface area contributed by atoms with Gasteiger partial charge < -0.3 is 4.74 Å². The van der Waals surface area contributed by atoms with Crippen LogP contribution in [0.3, 0.4) is 0 Å². The molecule has 4 rings (SSSR count). The monoisotopic (exact) mass is 420 g/mol. The first-order valence-electron chi connectivity index (χ1n) is 10.5. The van der Waals surface area contributed by atoms with Gasteiger partial charge in [0.1, 0.15) is 12.4 Å². The molecule has 0 aliphatic heterocycles. The van der Waals surface area contributed by atoms with Gasteiger partial charge in [-0.25, -0.2) is 5.43 Å². The normalized spacial score (nSPS) is 11.1. The molecular formula is C28H24N2O2. The predicted octanol–water partition coefficient (Wildman–Crippen LogP) is 6.09. The van der Waals surface area contributed by atoms with E-state index in [1.807, 2.05) is 79.7 Å². The second-order valence-electron chi connectivity index (χ2n) is 7.35. The average Bonchev–Trinajstić information content (AvgIpc) is 2.87. The zero-order valence-electron chi connectivity index (χ0n) is 17.9. The molecular weight excluding hydrogens is 396 g/mol. The number of hydrogen-bond donors (Lipinski definition) is 1. The number of nitrogens with one attached hydrogen (secondary N) is 1. The van der Waals surface area contributed by atoms with Crippen LogP contribution in [-0.2, 0) is 6.61 Å². The molecule has 4 aromatic rings. The van der Waals surface area contributed by atoms with Crippen LogP contribution >= 0.6 is 0 Å². The van der Waals surface area contributed by atoms with Crippen molar-refractivity contribution in [1.82, 2.24) is 5.43 Å². The van der Waals surface area contributed by atoms with Gasteiger partial charge in [-0.3, -0.25) is 4.79 Å². The Balaban J connectivity index is 1.42. The fraction of sp³-hybridized carbons (Fsp3) is 0.0714. The number of hydrogen-bond acceptors (Lipinski definition) is 3. The Bertz CT molecular complexity index is 1200. The van der Waals surface area contributed by atoms with Crippen LogP contribution in [0.2, 0.25) is 0 Å². The molecule has 0 unspecified atom stereocenters. The molecule has 4 aromatic carbocycles. The van der Waals surface area contributed by atoms with Crippen LogP contribution in [0, 0.1) is 0 Å². The van der Waals surface area contributed by atoms with Crippen LogP contribution in [0.5, 0.6) is 5.75 Å². The second kappa shape index (κ2) is 10.2. The lowest BCUT2D eigenvalue weighted by Gasteiger charge is -2.11. The van der Waals surface area contributed by atoms with Crippen LogP contribution in [0.4, 0.5) is 0 Å². The largest absolute Gasteiger partial charge is 0.488 e. The van der Waals surface area contributed by atoms with Crippen LogP contribution < -0.4 is 10.2 Å². The molecule has 0 fully saturated rings. The summed E-state index contributed by atoms with van der Waals surface area (Å²) in [7, 11) is 0. The Kier molecular flexibility index (Phi) is 6.73. The van der Waals surface area contributed by atoms with Gasteiger partial charge in [-0.1, -0.05) is 97.1 Å². The molecule has 4 heteroatoms. The number of carbonyl (C=O) groups excluding carboxylic acids is 1. The number of carbonyl (C=O) groups is 1. The molecule has 0 aliphatic rings. The van der Waals surface area contributed by atoms with Gasteiger partial charge in [0.05, 0.1) is 11.3 Å². The summed E-state index contributed by atoms with van der Waals surface area (Å²) in [5.74, 6) is 0.211. The van der Waals surface area contributed by atoms with Crippen molar-refractivity contribution in [2.75, 3.05) is 0 Å². The Morgan fingerprint density at radius 1 is 0.750 bits per heavy atom. The van der Waals surface area contributed by atoms with E-state index in [0.29, 0.717) is 17.9 Å². The molecule has 4 nitrogen and oxygen atoms in total. The van der Waals surface area contributed by atoms with E-state index in [-0.39, 0.29) is 5.91 Å². The quantitative estimate of drug-likeness (QED) is 0.291. The number of amides is 1.